The van der Waals surface area contributed by atoms with Gasteiger partial charge in [0.25, 0.3) is 0 Å². The van der Waals surface area contributed by atoms with Crippen LogP contribution in [0, 0.1) is 0 Å². The minimum atomic E-state index is 0.663. The molecule has 0 spiro atoms. The first-order valence-corrected chi connectivity index (χ1v) is 20.4. The molecule has 0 aliphatic heterocycles. The quantitative estimate of drug-likeness (QED) is 0.168. The fraction of sp³-hybridized carbons (Fsp3) is 0. The van der Waals surface area contributed by atoms with Crippen LogP contribution in [0.3, 0.4) is 0 Å². The van der Waals surface area contributed by atoms with E-state index in [0.29, 0.717) is 17.5 Å². The van der Waals surface area contributed by atoms with Gasteiger partial charge in [-0.2, -0.15) is 0 Å². The van der Waals surface area contributed by atoms with Crippen molar-refractivity contribution in [2.24, 2.45) is 0 Å². The summed E-state index contributed by atoms with van der Waals surface area (Å²) in [6.07, 6.45) is 0. The Bertz CT molecular complexity index is 3510. The predicted molar refractivity (Wildman–Crippen MR) is 240 cm³/mol. The molecule has 0 amide bonds. The third-order valence-electron chi connectivity index (χ3n) is 11.1. The fourth-order valence-electron chi connectivity index (χ4n) is 8.46. The van der Waals surface area contributed by atoms with E-state index >= 15 is 0 Å². The third-order valence-corrected chi connectivity index (χ3v) is 13.5. The van der Waals surface area contributed by atoms with E-state index in [1.54, 1.807) is 0 Å². The Kier molecular flexibility index (Phi) is 6.97. The van der Waals surface area contributed by atoms with Gasteiger partial charge in [-0.25, -0.2) is 15.0 Å². The van der Waals surface area contributed by atoms with Crippen LogP contribution in [0.5, 0.6) is 0 Å². The number of hydrogen-bond donors (Lipinski definition) is 0. The summed E-state index contributed by atoms with van der Waals surface area (Å²) in [4.78, 5) is 15.3. The van der Waals surface area contributed by atoms with Gasteiger partial charge in [-0.15, -0.1) is 22.7 Å². The smallest absolute Gasteiger partial charge is 0.164 e. The molecule has 12 aromatic rings. The Hall–Kier alpha value is -6.79. The summed E-state index contributed by atoms with van der Waals surface area (Å²) in [6.45, 7) is 0. The van der Waals surface area contributed by atoms with Gasteiger partial charge in [-0.05, 0) is 79.8 Å². The molecule has 0 bridgehead atoms. The molecule has 0 aliphatic rings. The van der Waals surface area contributed by atoms with Crippen molar-refractivity contribution >= 4 is 95.3 Å². The van der Waals surface area contributed by atoms with Gasteiger partial charge in [0.2, 0.25) is 0 Å². The summed E-state index contributed by atoms with van der Waals surface area (Å²) in [5.74, 6) is 2.00. The van der Waals surface area contributed by atoms with Crippen molar-refractivity contribution in [1.82, 2.24) is 15.0 Å². The predicted octanol–water partition coefficient (Wildman–Crippen LogP) is 14.7. The normalized spacial score (nSPS) is 11.9. The second kappa shape index (κ2) is 12.4. The van der Waals surface area contributed by atoms with Crippen LogP contribution in [0.15, 0.2) is 176 Å². The van der Waals surface area contributed by atoms with Crippen molar-refractivity contribution in [3.05, 3.63) is 176 Å². The maximum absolute atomic E-state index is 5.16. The summed E-state index contributed by atoms with van der Waals surface area (Å²) >= 11 is 3.65. The first-order valence-electron chi connectivity index (χ1n) is 18.8. The van der Waals surface area contributed by atoms with Gasteiger partial charge < -0.3 is 0 Å². The molecule has 0 aliphatic carbocycles. The number of thiophene rings is 2. The van der Waals surface area contributed by atoms with Crippen LogP contribution < -0.4 is 0 Å². The number of rotatable bonds is 4. The Morgan fingerprint density at radius 1 is 0.268 bits per heavy atom. The van der Waals surface area contributed by atoms with Crippen molar-refractivity contribution in [1.29, 1.82) is 0 Å². The molecular formula is C51H29N3S2. The molecule has 12 rings (SSSR count). The van der Waals surface area contributed by atoms with E-state index in [1.807, 2.05) is 40.9 Å². The van der Waals surface area contributed by atoms with Gasteiger partial charge in [0.05, 0.1) is 0 Å². The lowest BCUT2D eigenvalue weighted by Gasteiger charge is -2.12. The molecule has 0 saturated heterocycles. The third kappa shape index (κ3) is 4.92. The summed E-state index contributed by atoms with van der Waals surface area (Å²) in [5, 5.41) is 12.7. The Morgan fingerprint density at radius 3 is 1.52 bits per heavy atom. The van der Waals surface area contributed by atoms with E-state index < -0.39 is 0 Å². The SMILES string of the molecule is c1ccc(-c2nc(-c3ccc4c(c3)sc3c(-c5ccc6c7ccccc7c7ccccc7c6c5)cccc34)nc(-c3ccc4sc5ccccc5c4c3)n2)cc1. The first-order chi connectivity index (χ1) is 27.7. The molecule has 260 valence electrons. The van der Waals surface area contributed by atoms with Gasteiger partial charge >= 0.3 is 0 Å². The molecule has 0 unspecified atom stereocenters. The number of fused-ring (bicyclic) bond motifs is 12. The van der Waals surface area contributed by atoms with Gasteiger partial charge in [-0.1, -0.05) is 140 Å². The monoisotopic (exact) mass is 747 g/mol. The standard InChI is InChI=1S/C51H29N3S2/c1-2-11-30(12-3-1)49-52-50(32-23-26-46-44(28-32)40-17-8-9-20-45(40)55-46)54-51(53-49)33-22-25-41-42-19-10-18-34(48(42)56-47(41)29-33)31-21-24-39-37-15-5-4-13-35(37)36-14-6-7-16-38(36)43(39)27-31/h1-29H. The second-order valence-corrected chi connectivity index (χ2v) is 16.5. The van der Waals surface area contributed by atoms with Crippen molar-refractivity contribution in [3.63, 3.8) is 0 Å². The molecule has 0 saturated carbocycles. The van der Waals surface area contributed by atoms with Crippen molar-refractivity contribution in [3.8, 4) is 45.3 Å². The lowest BCUT2D eigenvalue weighted by atomic mass is 9.92. The Balaban J connectivity index is 1.01. The maximum Gasteiger partial charge on any atom is 0.164 e. The Labute approximate surface area is 329 Å². The lowest BCUT2D eigenvalue weighted by Crippen LogP contribution is -2.00. The average Bonchev–Trinajstić information content (AvgIpc) is 3.84. The number of nitrogens with zero attached hydrogens (tertiary/aromatic N) is 3. The van der Waals surface area contributed by atoms with E-state index in [1.165, 1.54) is 83.8 Å². The highest BCUT2D eigenvalue weighted by Gasteiger charge is 2.17. The van der Waals surface area contributed by atoms with Gasteiger partial charge in [0.1, 0.15) is 0 Å². The van der Waals surface area contributed by atoms with Crippen molar-refractivity contribution in [2.75, 3.05) is 0 Å². The van der Waals surface area contributed by atoms with Crippen molar-refractivity contribution < 1.29 is 0 Å². The Morgan fingerprint density at radius 2 is 0.768 bits per heavy atom. The van der Waals surface area contributed by atoms with Gasteiger partial charge in [0.15, 0.2) is 17.5 Å². The summed E-state index contributed by atoms with van der Waals surface area (Å²) in [5.41, 5.74) is 5.38. The zero-order valence-electron chi connectivity index (χ0n) is 29.9. The highest BCUT2D eigenvalue weighted by molar-refractivity contribution is 7.26. The zero-order valence-corrected chi connectivity index (χ0v) is 31.5. The number of aromatic nitrogens is 3. The minimum absolute atomic E-state index is 0.663. The van der Waals surface area contributed by atoms with E-state index in [-0.39, 0.29) is 0 Å². The number of benzene rings is 9. The average molecular weight is 748 g/mol. The summed E-state index contributed by atoms with van der Waals surface area (Å²) in [6, 6.07) is 63.3. The highest BCUT2D eigenvalue weighted by Crippen LogP contribution is 2.44. The van der Waals surface area contributed by atoms with Gasteiger partial charge in [0, 0.05) is 57.0 Å². The second-order valence-electron chi connectivity index (χ2n) is 14.3. The van der Waals surface area contributed by atoms with E-state index in [9.17, 15) is 0 Å². The maximum atomic E-state index is 5.16. The van der Waals surface area contributed by atoms with Gasteiger partial charge in [-0.3, -0.25) is 0 Å². The van der Waals surface area contributed by atoms with Crippen LogP contribution in [-0.2, 0) is 0 Å². The lowest BCUT2D eigenvalue weighted by molar-refractivity contribution is 1.08. The molecule has 3 nitrogen and oxygen atoms in total. The topological polar surface area (TPSA) is 38.7 Å². The zero-order chi connectivity index (χ0) is 36.7. The van der Waals surface area contributed by atoms with Crippen LogP contribution in [0.25, 0.3) is 118 Å². The molecule has 0 atom stereocenters. The van der Waals surface area contributed by atoms with Crippen LogP contribution in [0.1, 0.15) is 0 Å². The molecule has 0 fully saturated rings. The molecule has 9 aromatic carbocycles. The van der Waals surface area contributed by atoms with Crippen LogP contribution in [0.4, 0.5) is 0 Å². The van der Waals surface area contributed by atoms with E-state index in [4.69, 9.17) is 15.0 Å². The molecule has 3 heterocycles. The molecular weight excluding hydrogens is 719 g/mol. The van der Waals surface area contributed by atoms with E-state index in [0.717, 1.165) is 16.7 Å². The van der Waals surface area contributed by atoms with Crippen molar-refractivity contribution in [2.45, 2.75) is 0 Å². The molecule has 5 heteroatoms. The van der Waals surface area contributed by atoms with Crippen LogP contribution in [-0.4, -0.2) is 15.0 Å². The fourth-order valence-corrected chi connectivity index (χ4v) is 10.8. The highest BCUT2D eigenvalue weighted by atomic mass is 32.1. The van der Waals surface area contributed by atoms with E-state index in [2.05, 4.69) is 158 Å². The van der Waals surface area contributed by atoms with Crippen LogP contribution >= 0.6 is 22.7 Å². The summed E-state index contributed by atoms with van der Waals surface area (Å²) in [7, 11) is 0. The molecule has 0 N–H and O–H groups in total. The molecule has 0 radical (unpaired) electrons. The molecule has 3 aromatic heterocycles. The largest absolute Gasteiger partial charge is 0.208 e. The minimum Gasteiger partial charge on any atom is -0.208 e. The first kappa shape index (κ1) is 31.5. The molecule has 56 heavy (non-hydrogen) atoms. The van der Waals surface area contributed by atoms with Crippen LogP contribution in [0.2, 0.25) is 0 Å². The number of hydrogen-bond acceptors (Lipinski definition) is 5. The summed E-state index contributed by atoms with van der Waals surface area (Å²) < 4.78 is 5.02.